The first-order valence-electron chi connectivity index (χ1n) is 7.16. The van der Waals surface area contributed by atoms with Crippen LogP contribution in [-0.4, -0.2) is 12.7 Å². The Kier molecular flexibility index (Phi) is 2.41. The second-order valence-electron chi connectivity index (χ2n) is 7.28. The molecule has 0 aromatic rings. The fourth-order valence-electron chi connectivity index (χ4n) is 5.35. The number of hydrogen-bond acceptors (Lipinski definition) is 1. The second kappa shape index (κ2) is 3.48. The molecule has 16 heavy (non-hydrogen) atoms. The van der Waals surface area contributed by atoms with Crippen LogP contribution in [0.15, 0.2) is 0 Å². The third-order valence-corrected chi connectivity index (χ3v) is 6.07. The van der Waals surface area contributed by atoms with Crippen LogP contribution in [0.3, 0.4) is 0 Å². The molecule has 1 nitrogen and oxygen atoms in total. The number of ether oxygens (including phenoxy) is 1. The Morgan fingerprint density at radius 2 is 1.81 bits per heavy atom. The molecule has 92 valence electrons. The van der Waals surface area contributed by atoms with Gasteiger partial charge in [0.2, 0.25) is 0 Å². The Morgan fingerprint density at radius 3 is 2.62 bits per heavy atom. The van der Waals surface area contributed by atoms with Gasteiger partial charge in [-0.1, -0.05) is 27.2 Å². The van der Waals surface area contributed by atoms with Gasteiger partial charge >= 0.3 is 0 Å². The van der Waals surface area contributed by atoms with Crippen molar-refractivity contribution < 1.29 is 4.74 Å². The summed E-state index contributed by atoms with van der Waals surface area (Å²) in [5.41, 5.74) is 1.15. The van der Waals surface area contributed by atoms with Crippen molar-refractivity contribution in [3.05, 3.63) is 0 Å². The number of fused-ring (bicyclic) bond motifs is 3. The molecule has 0 aromatic heterocycles. The maximum Gasteiger partial charge on any atom is 0.0609 e. The van der Waals surface area contributed by atoms with Crippen molar-refractivity contribution in [1.29, 1.82) is 0 Å². The summed E-state index contributed by atoms with van der Waals surface area (Å²) in [6.45, 7) is 8.61. The molecule has 3 rings (SSSR count). The zero-order valence-corrected chi connectivity index (χ0v) is 11.1. The van der Waals surface area contributed by atoms with E-state index in [0.717, 1.165) is 18.4 Å². The summed E-state index contributed by atoms with van der Waals surface area (Å²) in [6, 6.07) is 0. The first-order chi connectivity index (χ1) is 7.54. The third-order valence-electron chi connectivity index (χ3n) is 6.07. The molecule has 0 radical (unpaired) electrons. The van der Waals surface area contributed by atoms with Crippen molar-refractivity contribution in [1.82, 2.24) is 0 Å². The summed E-state index contributed by atoms with van der Waals surface area (Å²) in [5.74, 6) is 1.81. The molecule has 1 aliphatic heterocycles. The lowest BCUT2D eigenvalue weighted by Gasteiger charge is -2.57. The van der Waals surface area contributed by atoms with Gasteiger partial charge < -0.3 is 4.74 Å². The molecule has 0 N–H and O–H groups in total. The van der Waals surface area contributed by atoms with Gasteiger partial charge in [-0.25, -0.2) is 0 Å². The van der Waals surface area contributed by atoms with Crippen molar-refractivity contribution in [3.63, 3.8) is 0 Å². The Morgan fingerprint density at radius 1 is 1.00 bits per heavy atom. The third kappa shape index (κ3) is 1.40. The Bertz CT molecular complexity index is 283. The highest BCUT2D eigenvalue weighted by molar-refractivity contribution is 5.05. The van der Waals surface area contributed by atoms with E-state index in [-0.39, 0.29) is 0 Å². The quantitative estimate of drug-likeness (QED) is 0.601. The fraction of sp³-hybridized carbons (Fsp3) is 1.00. The van der Waals surface area contributed by atoms with Crippen molar-refractivity contribution in [2.45, 2.75) is 65.4 Å². The summed E-state index contributed by atoms with van der Waals surface area (Å²) < 4.78 is 5.94. The minimum atomic E-state index is 0.570. The monoisotopic (exact) mass is 222 g/mol. The highest BCUT2D eigenvalue weighted by Crippen LogP contribution is 2.61. The normalized spacial score (nSPS) is 50.8. The van der Waals surface area contributed by atoms with E-state index in [9.17, 15) is 0 Å². The van der Waals surface area contributed by atoms with E-state index in [2.05, 4.69) is 20.8 Å². The standard InChI is InChI=1S/C15H26O/c1-14(2)8-4-9-15(3)11-7-10-16-12(11)5-6-13(14)15/h11-13H,4-10H2,1-3H3. The maximum atomic E-state index is 5.94. The number of rotatable bonds is 0. The highest BCUT2D eigenvalue weighted by atomic mass is 16.5. The van der Waals surface area contributed by atoms with E-state index >= 15 is 0 Å². The van der Waals surface area contributed by atoms with Gasteiger partial charge in [0.05, 0.1) is 6.10 Å². The average Bonchev–Trinajstić information content (AvgIpc) is 2.65. The van der Waals surface area contributed by atoms with Crippen LogP contribution in [0.1, 0.15) is 59.3 Å². The van der Waals surface area contributed by atoms with Crippen molar-refractivity contribution in [2.75, 3.05) is 6.61 Å². The van der Waals surface area contributed by atoms with Gasteiger partial charge in [0.1, 0.15) is 0 Å². The molecular weight excluding hydrogens is 196 g/mol. The molecule has 0 amide bonds. The van der Waals surface area contributed by atoms with Gasteiger partial charge in [-0.05, 0) is 54.8 Å². The lowest BCUT2D eigenvalue weighted by molar-refractivity contribution is -0.104. The summed E-state index contributed by atoms with van der Waals surface area (Å²) in [5, 5.41) is 0. The van der Waals surface area contributed by atoms with Crippen molar-refractivity contribution >= 4 is 0 Å². The molecule has 1 heterocycles. The van der Waals surface area contributed by atoms with Crippen LogP contribution in [0.25, 0.3) is 0 Å². The lowest BCUT2D eigenvalue weighted by Crippen LogP contribution is -2.51. The van der Waals surface area contributed by atoms with Crippen LogP contribution in [-0.2, 0) is 4.74 Å². The van der Waals surface area contributed by atoms with Gasteiger partial charge in [-0.3, -0.25) is 0 Å². The van der Waals surface area contributed by atoms with E-state index in [4.69, 9.17) is 4.74 Å². The predicted molar refractivity (Wildman–Crippen MR) is 66.3 cm³/mol. The molecule has 1 saturated heterocycles. The van der Waals surface area contributed by atoms with Gasteiger partial charge in [0.25, 0.3) is 0 Å². The van der Waals surface area contributed by atoms with E-state index in [0.29, 0.717) is 16.9 Å². The Hall–Kier alpha value is -0.0400. The van der Waals surface area contributed by atoms with E-state index in [1.54, 1.807) is 0 Å². The van der Waals surface area contributed by atoms with Gasteiger partial charge in [-0.15, -0.1) is 0 Å². The molecular formula is C15H26O. The van der Waals surface area contributed by atoms with E-state index in [1.807, 2.05) is 0 Å². The second-order valence-corrected chi connectivity index (χ2v) is 7.28. The zero-order chi connectivity index (χ0) is 11.4. The van der Waals surface area contributed by atoms with Gasteiger partial charge in [-0.2, -0.15) is 0 Å². The first-order valence-corrected chi connectivity index (χ1v) is 7.16. The molecule has 0 spiro atoms. The number of hydrogen-bond donors (Lipinski definition) is 0. The summed E-state index contributed by atoms with van der Waals surface area (Å²) >= 11 is 0. The van der Waals surface area contributed by atoms with Crippen LogP contribution >= 0.6 is 0 Å². The molecule has 2 saturated carbocycles. The molecule has 1 heteroatoms. The molecule has 4 atom stereocenters. The Labute approximate surface area is 99.9 Å². The van der Waals surface area contributed by atoms with Crippen molar-refractivity contribution in [2.24, 2.45) is 22.7 Å². The van der Waals surface area contributed by atoms with Crippen LogP contribution in [0.4, 0.5) is 0 Å². The van der Waals surface area contributed by atoms with Crippen LogP contribution in [0, 0.1) is 22.7 Å². The van der Waals surface area contributed by atoms with Crippen LogP contribution < -0.4 is 0 Å². The highest BCUT2D eigenvalue weighted by Gasteiger charge is 2.55. The smallest absolute Gasteiger partial charge is 0.0609 e. The molecule has 2 aliphatic carbocycles. The van der Waals surface area contributed by atoms with E-state index in [1.165, 1.54) is 38.5 Å². The zero-order valence-electron chi connectivity index (χ0n) is 11.1. The van der Waals surface area contributed by atoms with E-state index < -0.39 is 0 Å². The molecule has 4 unspecified atom stereocenters. The largest absolute Gasteiger partial charge is 0.378 e. The fourth-order valence-corrected chi connectivity index (χ4v) is 5.35. The molecule has 3 fully saturated rings. The maximum absolute atomic E-state index is 5.94. The molecule has 0 aromatic carbocycles. The minimum absolute atomic E-state index is 0.570. The lowest BCUT2D eigenvalue weighted by atomic mass is 9.48. The summed E-state index contributed by atoms with van der Waals surface area (Å²) in [4.78, 5) is 0. The molecule has 0 bridgehead atoms. The minimum Gasteiger partial charge on any atom is -0.378 e. The van der Waals surface area contributed by atoms with Crippen LogP contribution in [0.5, 0.6) is 0 Å². The van der Waals surface area contributed by atoms with Crippen molar-refractivity contribution in [3.8, 4) is 0 Å². The topological polar surface area (TPSA) is 9.23 Å². The molecule has 3 aliphatic rings. The summed E-state index contributed by atoms with van der Waals surface area (Å²) in [6.07, 6.45) is 8.99. The summed E-state index contributed by atoms with van der Waals surface area (Å²) in [7, 11) is 0. The van der Waals surface area contributed by atoms with Gasteiger partial charge in [0, 0.05) is 6.61 Å². The van der Waals surface area contributed by atoms with Gasteiger partial charge in [0.15, 0.2) is 0 Å². The Balaban J connectivity index is 1.93. The predicted octanol–water partition coefficient (Wildman–Crippen LogP) is 4.02. The first kappa shape index (κ1) is 11.1. The average molecular weight is 222 g/mol. The van der Waals surface area contributed by atoms with Crippen LogP contribution in [0.2, 0.25) is 0 Å². The SMILES string of the molecule is CC1(C)CCCC2(C)C3CCOC3CCC12.